The summed E-state index contributed by atoms with van der Waals surface area (Å²) < 4.78 is 36.4. The number of carbonyl (C=O) groups is 1. The molecule has 1 saturated carbocycles. The first-order valence-corrected chi connectivity index (χ1v) is 10.3. The summed E-state index contributed by atoms with van der Waals surface area (Å²) >= 11 is 0. The quantitative estimate of drug-likeness (QED) is 0.522. The van der Waals surface area contributed by atoms with Crippen molar-refractivity contribution in [2.45, 2.75) is 17.7 Å². The van der Waals surface area contributed by atoms with Gasteiger partial charge in [0, 0.05) is 18.4 Å². The van der Waals surface area contributed by atoms with Crippen molar-refractivity contribution in [1.29, 1.82) is 10.5 Å². The van der Waals surface area contributed by atoms with E-state index in [1.165, 1.54) is 43.4 Å². The first-order chi connectivity index (χ1) is 13.9. The second-order valence-corrected chi connectivity index (χ2v) is 8.54. The molecule has 29 heavy (non-hydrogen) atoms. The SMILES string of the molecule is CN=S(=O)(/C=C(/C#N)C(=O)C1CC1)c1ccc(Oc2cccc(F)c2C#N)cc1. The fraction of sp³-hybridized carbons (Fsp3) is 0.190. The van der Waals surface area contributed by atoms with Crippen LogP contribution in [0.1, 0.15) is 18.4 Å². The van der Waals surface area contributed by atoms with Gasteiger partial charge in [-0.1, -0.05) is 6.07 Å². The number of nitrogens with zero attached hydrogens (tertiary/aromatic N) is 3. The van der Waals surface area contributed by atoms with Crippen LogP contribution in [0.4, 0.5) is 4.39 Å². The summed E-state index contributed by atoms with van der Waals surface area (Å²) in [5.41, 5.74) is -0.369. The van der Waals surface area contributed by atoms with E-state index in [1.54, 1.807) is 6.07 Å². The van der Waals surface area contributed by atoms with Crippen molar-refractivity contribution in [1.82, 2.24) is 0 Å². The first kappa shape index (κ1) is 20.2. The molecular formula is C21H16FN3O3S. The normalized spacial score (nSPS) is 15.5. The average molecular weight is 409 g/mol. The molecule has 2 aromatic rings. The lowest BCUT2D eigenvalue weighted by Crippen LogP contribution is -2.07. The molecule has 2 aromatic carbocycles. The van der Waals surface area contributed by atoms with Crippen LogP contribution in [0.25, 0.3) is 0 Å². The maximum atomic E-state index is 13.7. The predicted molar refractivity (Wildman–Crippen MR) is 104 cm³/mol. The van der Waals surface area contributed by atoms with Crippen LogP contribution < -0.4 is 4.74 Å². The Morgan fingerprint density at radius 2 is 1.93 bits per heavy atom. The third kappa shape index (κ3) is 4.34. The highest BCUT2D eigenvalue weighted by molar-refractivity contribution is 7.96. The highest BCUT2D eigenvalue weighted by atomic mass is 32.2. The van der Waals surface area contributed by atoms with Gasteiger partial charge in [0.25, 0.3) is 0 Å². The number of allylic oxidation sites excluding steroid dienone is 1. The number of halogens is 1. The molecule has 0 amide bonds. The Bertz CT molecular complexity index is 1190. The van der Waals surface area contributed by atoms with E-state index in [1.807, 2.05) is 6.07 Å². The van der Waals surface area contributed by atoms with Crippen molar-refractivity contribution >= 4 is 15.5 Å². The molecule has 0 heterocycles. The average Bonchev–Trinajstić information content (AvgIpc) is 3.57. The molecule has 1 unspecified atom stereocenters. The molecule has 1 aliphatic rings. The third-order valence-electron chi connectivity index (χ3n) is 4.36. The van der Waals surface area contributed by atoms with Crippen LogP contribution in [0.3, 0.4) is 0 Å². The van der Waals surface area contributed by atoms with E-state index >= 15 is 0 Å². The van der Waals surface area contributed by atoms with Crippen molar-refractivity contribution in [3.63, 3.8) is 0 Å². The highest BCUT2D eigenvalue weighted by Crippen LogP contribution is 2.33. The molecule has 146 valence electrons. The number of hydrogen-bond acceptors (Lipinski definition) is 6. The number of ketones is 1. The number of rotatable bonds is 6. The Hall–Kier alpha value is -3.49. The number of ether oxygens (including phenoxy) is 1. The number of carbonyl (C=O) groups excluding carboxylic acids is 1. The molecule has 0 N–H and O–H groups in total. The zero-order valence-corrected chi connectivity index (χ0v) is 16.3. The summed E-state index contributed by atoms with van der Waals surface area (Å²) in [5.74, 6) is -0.809. The minimum Gasteiger partial charge on any atom is -0.456 e. The lowest BCUT2D eigenvalue weighted by Gasteiger charge is -2.10. The fourth-order valence-corrected chi connectivity index (χ4v) is 4.09. The topological polar surface area (TPSA) is 103 Å². The van der Waals surface area contributed by atoms with Gasteiger partial charge < -0.3 is 4.74 Å². The van der Waals surface area contributed by atoms with Crippen LogP contribution in [-0.4, -0.2) is 17.0 Å². The smallest absolute Gasteiger partial charge is 0.177 e. The Morgan fingerprint density at radius 3 is 2.48 bits per heavy atom. The molecule has 0 radical (unpaired) electrons. The Kier molecular flexibility index (Phi) is 5.76. The van der Waals surface area contributed by atoms with Crippen LogP contribution in [0, 0.1) is 34.4 Å². The van der Waals surface area contributed by atoms with E-state index in [4.69, 9.17) is 10.00 Å². The summed E-state index contributed by atoms with van der Waals surface area (Å²) in [4.78, 5) is 12.5. The lowest BCUT2D eigenvalue weighted by molar-refractivity contribution is -0.116. The van der Waals surface area contributed by atoms with Gasteiger partial charge in [0.2, 0.25) is 0 Å². The van der Waals surface area contributed by atoms with Gasteiger partial charge in [0.15, 0.2) is 5.78 Å². The van der Waals surface area contributed by atoms with Gasteiger partial charge in [-0.05, 0) is 49.2 Å². The standard InChI is InChI=1S/C21H16FN3O3S/c1-25-29(27,13-15(11-23)21(26)14-5-6-14)17-9-7-16(8-10-17)28-20-4-2-3-19(22)18(20)12-24/h2-4,7-10,13-14H,5-6H2,1H3/b15-13-. The monoisotopic (exact) mass is 409 g/mol. The summed E-state index contributed by atoms with van der Waals surface area (Å²) in [5, 5.41) is 19.5. The predicted octanol–water partition coefficient (Wildman–Crippen LogP) is 4.33. The third-order valence-corrected chi connectivity index (χ3v) is 6.40. The zero-order valence-electron chi connectivity index (χ0n) is 15.5. The highest BCUT2D eigenvalue weighted by Gasteiger charge is 2.32. The van der Waals surface area contributed by atoms with Gasteiger partial charge in [-0.2, -0.15) is 10.5 Å². The lowest BCUT2D eigenvalue weighted by atomic mass is 10.1. The zero-order chi connectivity index (χ0) is 21.0. The largest absolute Gasteiger partial charge is 0.456 e. The molecule has 6 nitrogen and oxygen atoms in total. The maximum Gasteiger partial charge on any atom is 0.177 e. The van der Waals surface area contributed by atoms with E-state index in [-0.39, 0.29) is 28.6 Å². The Morgan fingerprint density at radius 1 is 1.24 bits per heavy atom. The Labute approximate surface area is 168 Å². The second-order valence-electron chi connectivity index (χ2n) is 6.33. The van der Waals surface area contributed by atoms with Crippen molar-refractivity contribution in [2.75, 3.05) is 7.05 Å². The van der Waals surface area contributed by atoms with Gasteiger partial charge in [0.1, 0.15) is 40.6 Å². The van der Waals surface area contributed by atoms with Gasteiger partial charge in [-0.3, -0.25) is 4.79 Å². The summed E-state index contributed by atoms with van der Waals surface area (Å²) in [6, 6.07) is 13.6. The van der Waals surface area contributed by atoms with Crippen LogP contribution in [0.15, 0.2) is 62.7 Å². The van der Waals surface area contributed by atoms with E-state index in [2.05, 4.69) is 4.36 Å². The molecule has 1 fully saturated rings. The molecule has 0 bridgehead atoms. The van der Waals surface area contributed by atoms with Crippen molar-refractivity contribution < 1.29 is 18.1 Å². The van der Waals surface area contributed by atoms with Crippen LogP contribution >= 0.6 is 0 Å². The molecule has 0 spiro atoms. The summed E-state index contributed by atoms with van der Waals surface area (Å²) in [6.45, 7) is 0. The van der Waals surface area contributed by atoms with Crippen molar-refractivity contribution in [3.8, 4) is 23.6 Å². The molecule has 3 rings (SSSR count). The maximum absolute atomic E-state index is 13.7. The minimum atomic E-state index is -3.13. The number of hydrogen-bond donors (Lipinski definition) is 0. The molecule has 1 atom stereocenters. The summed E-state index contributed by atoms with van der Waals surface area (Å²) in [6.07, 6.45) is 1.47. The van der Waals surface area contributed by atoms with E-state index in [0.29, 0.717) is 10.6 Å². The fourth-order valence-electron chi connectivity index (χ4n) is 2.62. The van der Waals surface area contributed by atoms with Crippen LogP contribution in [-0.2, 0) is 14.5 Å². The number of nitriles is 2. The van der Waals surface area contributed by atoms with E-state index in [9.17, 15) is 18.7 Å². The van der Waals surface area contributed by atoms with E-state index < -0.39 is 15.5 Å². The van der Waals surface area contributed by atoms with Crippen LogP contribution in [0.2, 0.25) is 0 Å². The molecular weight excluding hydrogens is 393 g/mol. The van der Waals surface area contributed by atoms with Gasteiger partial charge in [-0.15, -0.1) is 0 Å². The van der Waals surface area contributed by atoms with Gasteiger partial charge >= 0.3 is 0 Å². The summed E-state index contributed by atoms with van der Waals surface area (Å²) in [7, 11) is -1.77. The molecule has 8 heteroatoms. The van der Waals surface area contributed by atoms with Gasteiger partial charge in [0.05, 0.1) is 14.6 Å². The van der Waals surface area contributed by atoms with Crippen molar-refractivity contribution in [3.05, 3.63) is 64.8 Å². The molecule has 0 aliphatic heterocycles. The number of benzene rings is 2. The molecule has 0 aromatic heterocycles. The second kappa shape index (κ2) is 8.26. The number of Topliss-reactive ketones (excluding diaryl/α,β-unsaturated/α-hetero) is 1. The molecule has 1 aliphatic carbocycles. The first-order valence-electron chi connectivity index (χ1n) is 8.69. The van der Waals surface area contributed by atoms with Crippen LogP contribution in [0.5, 0.6) is 11.5 Å². The van der Waals surface area contributed by atoms with Gasteiger partial charge in [-0.25, -0.2) is 13.0 Å². The van der Waals surface area contributed by atoms with E-state index in [0.717, 1.165) is 24.3 Å². The van der Waals surface area contributed by atoms with Crippen molar-refractivity contribution in [2.24, 2.45) is 10.3 Å². The minimum absolute atomic E-state index is 0.0582. The molecule has 0 saturated heterocycles. The Balaban J connectivity index is 1.90.